The van der Waals surface area contributed by atoms with E-state index in [0.29, 0.717) is 6.54 Å². The Morgan fingerprint density at radius 2 is 2.18 bits per heavy atom. The quantitative estimate of drug-likeness (QED) is 0.637. The van der Waals surface area contributed by atoms with Crippen molar-refractivity contribution in [1.29, 1.82) is 0 Å². The van der Waals surface area contributed by atoms with E-state index >= 15 is 0 Å². The Hall–Kier alpha value is -0.350. The molecule has 11 heavy (non-hydrogen) atoms. The number of sulfonamides is 1. The molecule has 0 spiro atoms. The van der Waals surface area contributed by atoms with Crippen LogP contribution in [0.15, 0.2) is 12.0 Å². The minimum absolute atomic E-state index is 0.253. The van der Waals surface area contributed by atoms with Crippen LogP contribution in [0.5, 0.6) is 0 Å². The van der Waals surface area contributed by atoms with E-state index in [4.69, 9.17) is 0 Å². The Labute approximate surface area is 67.8 Å². The molecule has 1 fully saturated rings. The van der Waals surface area contributed by atoms with Gasteiger partial charge in [-0.25, -0.2) is 8.42 Å². The van der Waals surface area contributed by atoms with Gasteiger partial charge in [0.05, 0.1) is 0 Å². The first kappa shape index (κ1) is 8.74. The van der Waals surface area contributed by atoms with Crippen LogP contribution in [0.3, 0.4) is 0 Å². The van der Waals surface area contributed by atoms with Crippen LogP contribution in [-0.2, 0) is 10.0 Å². The summed E-state index contributed by atoms with van der Waals surface area (Å²) in [5.41, 5.74) is 0. The lowest BCUT2D eigenvalue weighted by atomic mass is 10.6. The number of hydrogen-bond acceptors (Lipinski definition) is 2. The standard InChI is InChI=1S/C7H13NO2S/c1-3-8(7-5-6-7)11(9,10)4-2/h4,7H,2-3,5-6H2,1H3. The average molecular weight is 175 g/mol. The summed E-state index contributed by atoms with van der Waals surface area (Å²) in [6, 6.07) is 0.253. The number of hydrogen-bond donors (Lipinski definition) is 0. The van der Waals surface area contributed by atoms with Crippen molar-refractivity contribution in [1.82, 2.24) is 4.31 Å². The molecule has 0 radical (unpaired) electrons. The van der Waals surface area contributed by atoms with Crippen molar-refractivity contribution in [3.05, 3.63) is 12.0 Å². The van der Waals surface area contributed by atoms with E-state index in [1.54, 1.807) is 0 Å². The van der Waals surface area contributed by atoms with Crippen molar-refractivity contribution in [2.45, 2.75) is 25.8 Å². The lowest BCUT2D eigenvalue weighted by Gasteiger charge is -2.16. The minimum atomic E-state index is -3.15. The summed E-state index contributed by atoms with van der Waals surface area (Å²) in [6.45, 7) is 5.68. The van der Waals surface area contributed by atoms with E-state index in [9.17, 15) is 8.42 Å². The van der Waals surface area contributed by atoms with Gasteiger partial charge < -0.3 is 0 Å². The molecule has 64 valence electrons. The Morgan fingerprint density at radius 1 is 1.64 bits per heavy atom. The van der Waals surface area contributed by atoms with Gasteiger partial charge >= 0.3 is 0 Å². The fourth-order valence-corrected chi connectivity index (χ4v) is 2.28. The summed E-state index contributed by atoms with van der Waals surface area (Å²) >= 11 is 0. The van der Waals surface area contributed by atoms with Crippen molar-refractivity contribution in [2.24, 2.45) is 0 Å². The van der Waals surface area contributed by atoms with Crippen LogP contribution in [0.4, 0.5) is 0 Å². The van der Waals surface area contributed by atoms with E-state index in [1.807, 2.05) is 6.92 Å². The predicted octanol–water partition coefficient (Wildman–Crippen LogP) is 0.944. The van der Waals surface area contributed by atoms with E-state index in [-0.39, 0.29) is 6.04 Å². The molecule has 0 aromatic carbocycles. The fraction of sp³-hybridized carbons (Fsp3) is 0.714. The van der Waals surface area contributed by atoms with Crippen molar-refractivity contribution < 1.29 is 8.42 Å². The molecule has 1 aliphatic rings. The van der Waals surface area contributed by atoms with Gasteiger partial charge in [-0.2, -0.15) is 4.31 Å². The first-order chi connectivity index (χ1) is 5.11. The summed E-state index contributed by atoms with van der Waals surface area (Å²) in [7, 11) is -3.15. The van der Waals surface area contributed by atoms with Crippen molar-refractivity contribution in [2.75, 3.05) is 6.54 Å². The first-order valence-corrected chi connectivity index (χ1v) is 5.26. The molecule has 0 atom stereocenters. The summed E-state index contributed by atoms with van der Waals surface area (Å²) in [4.78, 5) is 0. The summed E-state index contributed by atoms with van der Waals surface area (Å²) in [6.07, 6.45) is 2.00. The second kappa shape index (κ2) is 2.95. The van der Waals surface area contributed by atoms with Gasteiger partial charge in [0.15, 0.2) is 0 Å². The van der Waals surface area contributed by atoms with Gasteiger partial charge in [0.2, 0.25) is 10.0 Å². The van der Waals surface area contributed by atoms with Gasteiger partial charge in [0, 0.05) is 18.0 Å². The van der Waals surface area contributed by atoms with Gasteiger partial charge in [-0.1, -0.05) is 13.5 Å². The Balaban J connectivity index is 2.75. The Morgan fingerprint density at radius 3 is 2.45 bits per heavy atom. The van der Waals surface area contributed by atoms with Crippen LogP contribution in [0.2, 0.25) is 0 Å². The van der Waals surface area contributed by atoms with Crippen LogP contribution < -0.4 is 0 Å². The predicted molar refractivity (Wildman–Crippen MR) is 44.5 cm³/mol. The molecule has 0 heterocycles. The molecular weight excluding hydrogens is 162 g/mol. The fourth-order valence-electron chi connectivity index (χ4n) is 1.10. The maximum Gasteiger partial charge on any atom is 0.235 e. The summed E-state index contributed by atoms with van der Waals surface area (Å²) < 4.78 is 23.9. The third-order valence-corrected chi connectivity index (χ3v) is 3.43. The van der Waals surface area contributed by atoms with Crippen LogP contribution in [0.1, 0.15) is 19.8 Å². The third-order valence-electron chi connectivity index (χ3n) is 1.80. The van der Waals surface area contributed by atoms with Gasteiger partial charge in [0.25, 0.3) is 0 Å². The monoisotopic (exact) mass is 175 g/mol. The maximum absolute atomic E-state index is 11.2. The van der Waals surface area contributed by atoms with Gasteiger partial charge in [0.1, 0.15) is 0 Å². The summed E-state index contributed by atoms with van der Waals surface area (Å²) in [5.74, 6) is 0. The van der Waals surface area contributed by atoms with E-state index in [2.05, 4.69) is 6.58 Å². The zero-order valence-corrected chi connectivity index (χ0v) is 7.47. The Bertz CT molecular complexity index is 241. The van der Waals surface area contributed by atoms with E-state index in [1.165, 1.54) is 4.31 Å². The molecule has 1 saturated carbocycles. The van der Waals surface area contributed by atoms with Crippen LogP contribution in [-0.4, -0.2) is 25.3 Å². The van der Waals surface area contributed by atoms with Gasteiger partial charge in [-0.15, -0.1) is 0 Å². The molecule has 0 bridgehead atoms. The second-order valence-corrected chi connectivity index (χ2v) is 4.48. The molecule has 0 aromatic heterocycles. The zero-order valence-electron chi connectivity index (χ0n) is 6.66. The van der Waals surface area contributed by atoms with Gasteiger partial charge in [-0.3, -0.25) is 0 Å². The van der Waals surface area contributed by atoms with Crippen molar-refractivity contribution in [3.63, 3.8) is 0 Å². The normalized spacial score (nSPS) is 18.7. The highest BCUT2D eigenvalue weighted by molar-refractivity contribution is 7.92. The molecule has 0 amide bonds. The highest BCUT2D eigenvalue weighted by atomic mass is 32.2. The molecule has 3 nitrogen and oxygen atoms in total. The van der Waals surface area contributed by atoms with Crippen LogP contribution in [0.25, 0.3) is 0 Å². The lowest BCUT2D eigenvalue weighted by molar-refractivity contribution is 0.428. The highest BCUT2D eigenvalue weighted by Gasteiger charge is 2.34. The van der Waals surface area contributed by atoms with Crippen LogP contribution in [0, 0.1) is 0 Å². The third kappa shape index (κ3) is 1.81. The Kier molecular flexibility index (Phi) is 2.34. The molecule has 1 rings (SSSR count). The van der Waals surface area contributed by atoms with Crippen molar-refractivity contribution >= 4 is 10.0 Å². The molecule has 0 N–H and O–H groups in total. The second-order valence-electron chi connectivity index (χ2n) is 2.65. The smallest absolute Gasteiger partial charge is 0.208 e. The maximum atomic E-state index is 11.2. The first-order valence-electron chi connectivity index (χ1n) is 3.76. The molecule has 0 aromatic rings. The molecule has 0 aliphatic heterocycles. The van der Waals surface area contributed by atoms with E-state index in [0.717, 1.165) is 18.2 Å². The topological polar surface area (TPSA) is 37.4 Å². The zero-order chi connectivity index (χ0) is 8.48. The van der Waals surface area contributed by atoms with E-state index < -0.39 is 10.0 Å². The van der Waals surface area contributed by atoms with Gasteiger partial charge in [-0.05, 0) is 12.8 Å². The SMILES string of the molecule is C=CS(=O)(=O)N(CC)C1CC1. The number of rotatable bonds is 4. The molecular formula is C7H13NO2S. The number of nitrogens with zero attached hydrogens (tertiary/aromatic N) is 1. The largest absolute Gasteiger partial charge is 0.235 e. The highest BCUT2D eigenvalue weighted by Crippen LogP contribution is 2.29. The van der Waals surface area contributed by atoms with Crippen LogP contribution >= 0.6 is 0 Å². The molecule has 0 saturated heterocycles. The molecule has 1 aliphatic carbocycles. The molecule has 0 unspecified atom stereocenters. The average Bonchev–Trinajstić information content (AvgIpc) is 2.73. The summed E-state index contributed by atoms with van der Waals surface area (Å²) in [5, 5.41) is 1.02. The van der Waals surface area contributed by atoms with Crippen molar-refractivity contribution in [3.8, 4) is 0 Å². The lowest BCUT2D eigenvalue weighted by Crippen LogP contribution is -2.30. The minimum Gasteiger partial charge on any atom is -0.208 e. The molecule has 4 heteroatoms.